The van der Waals surface area contributed by atoms with Gasteiger partial charge in [0.15, 0.2) is 0 Å². The molecule has 3 rings (SSSR count). The summed E-state index contributed by atoms with van der Waals surface area (Å²) < 4.78 is 6.79. The summed E-state index contributed by atoms with van der Waals surface area (Å²) in [6.45, 7) is 1.94. The van der Waals surface area contributed by atoms with Crippen LogP contribution in [0.15, 0.2) is 33.2 Å². The van der Waals surface area contributed by atoms with Crippen LogP contribution in [-0.2, 0) is 4.79 Å². The highest BCUT2D eigenvalue weighted by molar-refractivity contribution is 9.11. The van der Waals surface area contributed by atoms with E-state index in [1.54, 1.807) is 18.2 Å². The lowest BCUT2D eigenvalue weighted by atomic mass is 9.99. The van der Waals surface area contributed by atoms with E-state index in [0.29, 0.717) is 16.9 Å². The molecule has 2 aromatic rings. The second-order valence-corrected chi connectivity index (χ2v) is 6.86. The maximum Gasteiger partial charge on any atom is 0.256 e. The Labute approximate surface area is 150 Å². The van der Waals surface area contributed by atoms with Crippen molar-refractivity contribution < 1.29 is 14.6 Å². The molecule has 1 heterocycles. The molecule has 0 aliphatic carbocycles. The largest absolute Gasteiger partial charge is 0.507 e. The topological polar surface area (TPSA) is 58.6 Å². The number of ether oxygens (including phenoxy) is 1. The molecule has 4 nitrogen and oxygen atoms in total. The van der Waals surface area contributed by atoms with E-state index in [1.807, 2.05) is 13.0 Å². The third-order valence-corrected chi connectivity index (χ3v) is 5.21. The lowest BCUT2D eigenvalue weighted by molar-refractivity contribution is -0.110. The lowest BCUT2D eigenvalue weighted by Crippen LogP contribution is -2.03. The molecule has 1 aliphatic rings. The highest BCUT2D eigenvalue weighted by Gasteiger charge is 2.29. The molecule has 0 aromatic heterocycles. The Bertz CT molecular complexity index is 859. The van der Waals surface area contributed by atoms with E-state index in [1.165, 1.54) is 13.2 Å². The Kier molecular flexibility index (Phi) is 4.21. The number of benzene rings is 2. The molecule has 0 bridgehead atoms. The normalized spacial score (nSPS) is 14.8. The summed E-state index contributed by atoms with van der Waals surface area (Å²) in [7, 11) is 1.53. The van der Waals surface area contributed by atoms with E-state index in [9.17, 15) is 9.90 Å². The molecule has 0 atom stereocenters. The van der Waals surface area contributed by atoms with Crippen LogP contribution in [-0.4, -0.2) is 18.1 Å². The van der Waals surface area contributed by atoms with Crippen LogP contribution in [0.1, 0.15) is 16.7 Å². The summed E-state index contributed by atoms with van der Waals surface area (Å²) in [6, 6.07) is 6.88. The van der Waals surface area contributed by atoms with Crippen molar-refractivity contribution in [3.63, 3.8) is 0 Å². The fraction of sp³-hybridized carbons (Fsp3) is 0.118. The zero-order valence-electron chi connectivity index (χ0n) is 12.4. The summed E-state index contributed by atoms with van der Waals surface area (Å²) in [5, 5.41) is 13.0. The average Bonchev–Trinajstić information content (AvgIpc) is 2.84. The minimum atomic E-state index is -0.197. The van der Waals surface area contributed by atoms with Crippen LogP contribution in [0.25, 0.3) is 11.6 Å². The number of phenolic OH excluding ortho intramolecular Hbond substituents is 1. The summed E-state index contributed by atoms with van der Waals surface area (Å²) in [5.41, 5.74) is 3.60. The summed E-state index contributed by atoms with van der Waals surface area (Å²) in [6.07, 6.45) is 1.68. The Hall–Kier alpha value is -1.79. The number of hydrogen-bond acceptors (Lipinski definition) is 3. The van der Waals surface area contributed by atoms with E-state index >= 15 is 0 Å². The molecule has 0 saturated carbocycles. The van der Waals surface area contributed by atoms with Gasteiger partial charge in [0.1, 0.15) is 11.5 Å². The minimum Gasteiger partial charge on any atom is -0.507 e. The fourth-order valence-electron chi connectivity index (χ4n) is 2.54. The van der Waals surface area contributed by atoms with E-state index in [-0.39, 0.29) is 11.7 Å². The number of carbonyl (C=O) groups excluding carboxylic acids is 1. The number of aromatic hydroxyl groups is 1. The zero-order valence-corrected chi connectivity index (χ0v) is 15.6. The Balaban J connectivity index is 2.18. The monoisotopic (exact) mass is 437 g/mol. The number of carbonyl (C=O) groups is 1. The molecule has 0 radical (unpaired) electrons. The van der Waals surface area contributed by atoms with Crippen LogP contribution in [0.4, 0.5) is 5.69 Å². The molecule has 0 fully saturated rings. The van der Waals surface area contributed by atoms with Crippen LogP contribution in [0.5, 0.6) is 11.5 Å². The van der Waals surface area contributed by atoms with Crippen LogP contribution < -0.4 is 10.1 Å². The standard InChI is InChI=1S/C17H13Br2NO3/c1-8-12(18)7-13(19)16-15(8)11(17(22)20-16)5-9-3-4-10(23-2)6-14(9)21/h3-7,21H,1-2H3,(H,20,22). The molecule has 2 N–H and O–H groups in total. The molecule has 0 unspecified atom stereocenters. The van der Waals surface area contributed by atoms with Gasteiger partial charge in [-0.25, -0.2) is 0 Å². The smallest absolute Gasteiger partial charge is 0.256 e. The fourth-order valence-corrected chi connectivity index (χ4v) is 3.80. The molecule has 118 valence electrons. The highest BCUT2D eigenvalue weighted by Crippen LogP contribution is 2.43. The van der Waals surface area contributed by atoms with Crippen LogP contribution in [0.3, 0.4) is 0 Å². The van der Waals surface area contributed by atoms with Crippen LogP contribution in [0, 0.1) is 6.92 Å². The summed E-state index contributed by atoms with van der Waals surface area (Å²) >= 11 is 6.97. The van der Waals surface area contributed by atoms with E-state index in [2.05, 4.69) is 37.2 Å². The van der Waals surface area contributed by atoms with E-state index in [0.717, 1.165) is 25.8 Å². The van der Waals surface area contributed by atoms with Gasteiger partial charge in [0.05, 0.1) is 18.4 Å². The number of methoxy groups -OCH3 is 1. The van der Waals surface area contributed by atoms with Crippen molar-refractivity contribution in [3.05, 3.63) is 49.9 Å². The van der Waals surface area contributed by atoms with E-state index < -0.39 is 0 Å². The Morgan fingerprint density at radius 1 is 1.22 bits per heavy atom. The van der Waals surface area contributed by atoms with Crippen LogP contribution in [0.2, 0.25) is 0 Å². The third kappa shape index (κ3) is 2.77. The Morgan fingerprint density at radius 2 is 1.96 bits per heavy atom. The molecule has 2 aromatic carbocycles. The molecule has 23 heavy (non-hydrogen) atoms. The van der Waals surface area contributed by atoms with Gasteiger partial charge in [0.2, 0.25) is 0 Å². The molecule has 6 heteroatoms. The highest BCUT2D eigenvalue weighted by atomic mass is 79.9. The van der Waals surface area contributed by atoms with Crippen molar-refractivity contribution in [2.45, 2.75) is 6.92 Å². The number of amides is 1. The maximum atomic E-state index is 12.4. The van der Waals surface area contributed by atoms with Gasteiger partial charge in [0, 0.05) is 26.1 Å². The number of halogens is 2. The minimum absolute atomic E-state index is 0.0600. The maximum absolute atomic E-state index is 12.4. The lowest BCUT2D eigenvalue weighted by Gasteiger charge is -2.09. The first kappa shape index (κ1) is 16.1. The van der Waals surface area contributed by atoms with Gasteiger partial charge in [-0.3, -0.25) is 4.79 Å². The molecule has 1 amide bonds. The molecule has 0 saturated heterocycles. The van der Waals surface area contributed by atoms with Gasteiger partial charge in [-0.05, 0) is 52.7 Å². The number of hydrogen-bond donors (Lipinski definition) is 2. The quantitative estimate of drug-likeness (QED) is 0.666. The predicted molar refractivity (Wildman–Crippen MR) is 97.7 cm³/mol. The van der Waals surface area contributed by atoms with Crippen molar-refractivity contribution in [1.82, 2.24) is 0 Å². The van der Waals surface area contributed by atoms with Gasteiger partial charge < -0.3 is 15.2 Å². The Morgan fingerprint density at radius 3 is 2.61 bits per heavy atom. The number of anilines is 1. The van der Waals surface area contributed by atoms with Crippen molar-refractivity contribution in [1.29, 1.82) is 0 Å². The molecular formula is C17H13Br2NO3. The molecule has 1 aliphatic heterocycles. The first-order valence-electron chi connectivity index (χ1n) is 6.81. The first-order valence-corrected chi connectivity index (χ1v) is 8.40. The number of nitrogens with one attached hydrogen (secondary N) is 1. The third-order valence-electron chi connectivity index (χ3n) is 3.77. The first-order chi connectivity index (χ1) is 10.9. The van der Waals surface area contributed by atoms with Gasteiger partial charge >= 0.3 is 0 Å². The zero-order chi connectivity index (χ0) is 16.7. The summed E-state index contributed by atoms with van der Waals surface area (Å²) in [4.78, 5) is 12.4. The predicted octanol–water partition coefficient (Wildman–Crippen LogP) is 4.73. The second-order valence-electron chi connectivity index (χ2n) is 5.15. The van der Waals surface area contributed by atoms with Gasteiger partial charge in [-0.15, -0.1) is 0 Å². The molecular weight excluding hydrogens is 426 g/mol. The van der Waals surface area contributed by atoms with Gasteiger partial charge in [-0.1, -0.05) is 15.9 Å². The number of phenols is 1. The summed E-state index contributed by atoms with van der Waals surface area (Å²) in [5.74, 6) is 0.421. The van der Waals surface area contributed by atoms with Gasteiger partial charge in [-0.2, -0.15) is 0 Å². The number of fused-ring (bicyclic) bond motifs is 1. The average molecular weight is 439 g/mol. The molecule has 0 spiro atoms. The van der Waals surface area contributed by atoms with Crippen molar-refractivity contribution in [2.24, 2.45) is 0 Å². The van der Waals surface area contributed by atoms with Gasteiger partial charge in [0.25, 0.3) is 5.91 Å². The number of rotatable bonds is 2. The second kappa shape index (κ2) is 6.02. The van der Waals surface area contributed by atoms with E-state index in [4.69, 9.17) is 4.74 Å². The van der Waals surface area contributed by atoms with Crippen molar-refractivity contribution in [2.75, 3.05) is 12.4 Å². The van der Waals surface area contributed by atoms with Crippen molar-refractivity contribution >= 4 is 55.1 Å². The van der Waals surface area contributed by atoms with Crippen molar-refractivity contribution in [3.8, 4) is 11.5 Å². The van der Waals surface area contributed by atoms with Crippen LogP contribution >= 0.6 is 31.9 Å². The SMILES string of the molecule is COc1ccc(C=C2C(=O)Nc3c(Br)cc(Br)c(C)c32)c(O)c1.